The number of carbonyl (C=O) groups is 2. The molecule has 5 rings (SSSR count). The summed E-state index contributed by atoms with van der Waals surface area (Å²) in [7, 11) is 0. The predicted octanol–water partition coefficient (Wildman–Crippen LogP) is 7.65. The molecule has 36 heavy (non-hydrogen) atoms. The van der Waals surface area contributed by atoms with E-state index in [1.54, 1.807) is 18.1 Å². The van der Waals surface area contributed by atoms with E-state index in [2.05, 4.69) is 41.5 Å². The molecule has 0 aromatic rings. The van der Waals surface area contributed by atoms with Crippen LogP contribution in [-0.2, 0) is 19.1 Å². The van der Waals surface area contributed by atoms with E-state index in [4.69, 9.17) is 9.47 Å². The van der Waals surface area contributed by atoms with Gasteiger partial charge < -0.3 is 9.47 Å². The summed E-state index contributed by atoms with van der Waals surface area (Å²) >= 11 is 0. The maximum atomic E-state index is 12.4. The highest BCUT2D eigenvalue weighted by atomic mass is 16.5. The average molecular weight is 499 g/mol. The predicted molar refractivity (Wildman–Crippen MR) is 142 cm³/mol. The van der Waals surface area contributed by atoms with Gasteiger partial charge in [-0.2, -0.15) is 0 Å². The Balaban J connectivity index is 1.44. The zero-order valence-electron chi connectivity index (χ0n) is 24.2. The number of hydrogen-bond acceptors (Lipinski definition) is 4. The molecule has 4 nitrogen and oxygen atoms in total. The van der Waals surface area contributed by atoms with Crippen molar-refractivity contribution in [3.8, 4) is 0 Å². The molecule has 4 heteroatoms. The van der Waals surface area contributed by atoms with Crippen LogP contribution >= 0.6 is 0 Å². The van der Waals surface area contributed by atoms with Crippen LogP contribution in [0.25, 0.3) is 0 Å². The summed E-state index contributed by atoms with van der Waals surface area (Å²) < 4.78 is 11.9. The van der Waals surface area contributed by atoms with Crippen LogP contribution in [0.5, 0.6) is 0 Å². The van der Waals surface area contributed by atoms with Gasteiger partial charge in [0.1, 0.15) is 12.2 Å². The molecule has 1 saturated heterocycles. The Hall–Kier alpha value is -1.32. The van der Waals surface area contributed by atoms with Crippen LogP contribution in [0.4, 0.5) is 0 Å². The first kappa shape index (κ1) is 26.3. The first-order valence-corrected chi connectivity index (χ1v) is 14.9. The SMILES string of the molecule is CC(=O)O[C@@H]1CC[C@]2(C)C3=C(CC[C@H]2C1(C)C)[C@]1(C)CC[C@H]([C@H](C)[C@@H]2CC[C@@H](C)C(=O)O2)[C@@]1(C)CC3. The minimum atomic E-state index is -0.141. The molecule has 0 amide bonds. The van der Waals surface area contributed by atoms with Gasteiger partial charge in [0.05, 0.1) is 5.92 Å². The van der Waals surface area contributed by atoms with Crippen LogP contribution in [0, 0.1) is 45.3 Å². The first-order valence-electron chi connectivity index (χ1n) is 14.9. The number of carbonyl (C=O) groups excluding carboxylic acids is 2. The molecule has 4 aliphatic carbocycles. The van der Waals surface area contributed by atoms with Crippen LogP contribution in [-0.4, -0.2) is 24.1 Å². The number of rotatable bonds is 3. The highest BCUT2D eigenvalue weighted by Gasteiger charge is 2.64. The van der Waals surface area contributed by atoms with Gasteiger partial charge in [0, 0.05) is 12.3 Å². The molecule has 3 fully saturated rings. The molecule has 0 aromatic heterocycles. The van der Waals surface area contributed by atoms with Gasteiger partial charge in [-0.15, -0.1) is 0 Å². The van der Waals surface area contributed by atoms with Crippen molar-refractivity contribution in [2.75, 3.05) is 0 Å². The molecule has 0 unspecified atom stereocenters. The van der Waals surface area contributed by atoms with Gasteiger partial charge in [0.25, 0.3) is 0 Å². The summed E-state index contributed by atoms with van der Waals surface area (Å²) in [5.41, 5.74) is 4.23. The molecule has 0 radical (unpaired) electrons. The second kappa shape index (κ2) is 8.60. The Morgan fingerprint density at radius 1 is 0.944 bits per heavy atom. The Bertz CT molecular complexity index is 963. The lowest BCUT2D eigenvalue weighted by molar-refractivity contribution is -0.167. The van der Waals surface area contributed by atoms with Gasteiger partial charge in [-0.1, -0.05) is 59.6 Å². The second-order valence-electron chi connectivity index (χ2n) is 14.6. The molecule has 1 aliphatic heterocycles. The molecule has 1 heterocycles. The van der Waals surface area contributed by atoms with E-state index in [0.29, 0.717) is 17.8 Å². The van der Waals surface area contributed by atoms with Crippen LogP contribution < -0.4 is 0 Å². The van der Waals surface area contributed by atoms with Gasteiger partial charge >= 0.3 is 11.9 Å². The fourth-order valence-corrected chi connectivity index (χ4v) is 10.4. The molecule has 9 atom stereocenters. The molecular formula is C32H50O4. The van der Waals surface area contributed by atoms with Gasteiger partial charge in [-0.3, -0.25) is 9.59 Å². The second-order valence-corrected chi connectivity index (χ2v) is 14.6. The molecule has 0 spiro atoms. The molecule has 0 aromatic carbocycles. The van der Waals surface area contributed by atoms with Crippen molar-refractivity contribution in [2.45, 2.75) is 132 Å². The van der Waals surface area contributed by atoms with E-state index >= 15 is 0 Å². The number of allylic oxidation sites excluding steroid dienone is 2. The third-order valence-electron chi connectivity index (χ3n) is 12.8. The van der Waals surface area contributed by atoms with Crippen LogP contribution in [0.2, 0.25) is 0 Å². The van der Waals surface area contributed by atoms with Crippen molar-refractivity contribution in [2.24, 2.45) is 45.3 Å². The van der Waals surface area contributed by atoms with Gasteiger partial charge in [-0.05, 0) is 98.2 Å². The third-order valence-corrected chi connectivity index (χ3v) is 12.8. The Kier molecular flexibility index (Phi) is 6.28. The number of ether oxygens (including phenoxy) is 2. The maximum Gasteiger partial charge on any atom is 0.308 e. The molecule has 0 N–H and O–H groups in total. The summed E-state index contributed by atoms with van der Waals surface area (Å²) in [5, 5.41) is 0. The molecule has 202 valence electrons. The molecule has 0 bridgehead atoms. The minimum absolute atomic E-state index is 0.00637. The van der Waals surface area contributed by atoms with E-state index in [1.165, 1.54) is 38.5 Å². The molecule has 5 aliphatic rings. The van der Waals surface area contributed by atoms with Crippen LogP contribution in [0.3, 0.4) is 0 Å². The lowest BCUT2D eigenvalue weighted by atomic mass is 9.43. The fraction of sp³-hybridized carbons (Fsp3) is 0.875. The standard InChI is InChI=1S/C32H50O4/c1-19-9-11-25(36-28(19)34)20(2)22-13-17-32(8)24-10-12-26-29(4,5)27(35-21(3)33)15-16-30(26,6)23(24)14-18-31(22,32)7/h19-20,22,25-27H,9-18H2,1-8H3/t19-,20+,22-,25+,26+,27-,30-,31-,32+/m1/s1. The number of hydrogen-bond donors (Lipinski definition) is 0. The van der Waals surface area contributed by atoms with Gasteiger partial charge in [-0.25, -0.2) is 0 Å². The fourth-order valence-electron chi connectivity index (χ4n) is 10.4. The average Bonchev–Trinajstić information content (AvgIpc) is 3.08. The van der Waals surface area contributed by atoms with Crippen molar-refractivity contribution >= 4 is 11.9 Å². The van der Waals surface area contributed by atoms with Crippen molar-refractivity contribution in [3.63, 3.8) is 0 Å². The summed E-state index contributed by atoms with van der Waals surface area (Å²) in [6, 6.07) is 0. The van der Waals surface area contributed by atoms with Crippen molar-refractivity contribution in [3.05, 3.63) is 11.1 Å². The minimum Gasteiger partial charge on any atom is -0.462 e. The first-order chi connectivity index (χ1) is 16.8. The highest BCUT2D eigenvalue weighted by molar-refractivity contribution is 5.72. The summed E-state index contributed by atoms with van der Waals surface area (Å²) in [6.45, 7) is 18.3. The number of cyclic esters (lactones) is 1. The zero-order chi connectivity index (χ0) is 26.3. The van der Waals surface area contributed by atoms with E-state index in [1.807, 2.05) is 6.92 Å². The summed E-state index contributed by atoms with van der Waals surface area (Å²) in [4.78, 5) is 24.2. The maximum absolute atomic E-state index is 12.4. The van der Waals surface area contributed by atoms with Crippen molar-refractivity contribution < 1.29 is 19.1 Å². The molecular weight excluding hydrogens is 448 g/mol. The topological polar surface area (TPSA) is 52.6 Å². The third kappa shape index (κ3) is 3.58. The quantitative estimate of drug-likeness (QED) is 0.296. The normalized spacial score (nSPS) is 46.8. The summed E-state index contributed by atoms with van der Waals surface area (Å²) in [6.07, 6.45) is 11.5. The lowest BCUT2D eigenvalue weighted by Crippen LogP contribution is -2.56. The zero-order valence-corrected chi connectivity index (χ0v) is 24.2. The van der Waals surface area contributed by atoms with E-state index in [0.717, 1.165) is 25.7 Å². The highest BCUT2D eigenvalue weighted by Crippen LogP contribution is 2.72. The number of fused-ring (bicyclic) bond motifs is 4. The van der Waals surface area contributed by atoms with E-state index in [9.17, 15) is 9.59 Å². The largest absolute Gasteiger partial charge is 0.462 e. The van der Waals surface area contributed by atoms with E-state index in [-0.39, 0.29) is 51.7 Å². The Labute approximate surface area is 219 Å². The van der Waals surface area contributed by atoms with Gasteiger partial charge in [0.2, 0.25) is 0 Å². The smallest absolute Gasteiger partial charge is 0.308 e. The molecule has 2 saturated carbocycles. The monoisotopic (exact) mass is 498 g/mol. The Morgan fingerprint density at radius 2 is 1.67 bits per heavy atom. The Morgan fingerprint density at radius 3 is 2.33 bits per heavy atom. The van der Waals surface area contributed by atoms with Crippen molar-refractivity contribution in [1.82, 2.24) is 0 Å². The number of esters is 2. The van der Waals surface area contributed by atoms with Crippen LogP contribution in [0.1, 0.15) is 120 Å². The van der Waals surface area contributed by atoms with E-state index < -0.39 is 0 Å². The van der Waals surface area contributed by atoms with Crippen LogP contribution in [0.15, 0.2) is 11.1 Å². The van der Waals surface area contributed by atoms with Gasteiger partial charge in [0.15, 0.2) is 0 Å². The summed E-state index contributed by atoms with van der Waals surface area (Å²) in [5.74, 6) is 1.49. The lowest BCUT2D eigenvalue weighted by Gasteiger charge is -2.62. The van der Waals surface area contributed by atoms with Crippen molar-refractivity contribution in [1.29, 1.82) is 0 Å².